The number of nitrogens with one attached hydrogen (secondary N) is 1. The Kier molecular flexibility index (Phi) is 4.73. The zero-order valence-electron chi connectivity index (χ0n) is 8.85. The van der Waals surface area contributed by atoms with Crippen LogP contribution in [0.2, 0.25) is 0 Å². The Morgan fingerprint density at radius 1 is 1.27 bits per heavy atom. The molecule has 1 amide bonds. The first kappa shape index (κ1) is 13.9. The lowest BCUT2D eigenvalue weighted by Gasteiger charge is -2.13. The molecule has 0 aromatic heterocycles. The van der Waals surface area contributed by atoms with Crippen LogP contribution in [0.25, 0.3) is 0 Å². The van der Waals surface area contributed by atoms with Crippen LogP contribution in [-0.2, 0) is 19.4 Å². The molecule has 0 saturated heterocycles. The highest BCUT2D eigenvalue weighted by atomic mass is 32.2. The summed E-state index contributed by atoms with van der Waals surface area (Å²) in [5.41, 5.74) is 0. The standard InChI is InChI=1S/C8H15NO5S/c1-5(2)9-8(12)6(3)15(13,14)4-7(10)11/h5-6H,4H2,1-3H3,(H,9,12)(H,10,11). The Morgan fingerprint density at radius 2 is 1.73 bits per heavy atom. The van der Waals surface area contributed by atoms with Crippen LogP contribution in [0.1, 0.15) is 20.8 Å². The summed E-state index contributed by atoms with van der Waals surface area (Å²) in [5, 5.41) is 9.42. The number of carboxylic acids is 1. The van der Waals surface area contributed by atoms with Crippen molar-refractivity contribution in [3.05, 3.63) is 0 Å². The van der Waals surface area contributed by atoms with Gasteiger partial charge in [-0.2, -0.15) is 0 Å². The lowest BCUT2D eigenvalue weighted by atomic mass is 10.3. The van der Waals surface area contributed by atoms with Crippen molar-refractivity contribution in [3.63, 3.8) is 0 Å². The van der Waals surface area contributed by atoms with Crippen LogP contribution in [0.5, 0.6) is 0 Å². The van der Waals surface area contributed by atoms with Gasteiger partial charge in [0.25, 0.3) is 0 Å². The largest absolute Gasteiger partial charge is 0.480 e. The molecule has 0 aromatic carbocycles. The van der Waals surface area contributed by atoms with Crippen LogP contribution in [0, 0.1) is 0 Å². The van der Waals surface area contributed by atoms with E-state index in [-0.39, 0.29) is 6.04 Å². The Morgan fingerprint density at radius 3 is 2.07 bits per heavy atom. The minimum atomic E-state index is -3.92. The fraction of sp³-hybridized carbons (Fsp3) is 0.750. The quantitative estimate of drug-likeness (QED) is 0.665. The molecule has 15 heavy (non-hydrogen) atoms. The van der Waals surface area contributed by atoms with Crippen LogP contribution >= 0.6 is 0 Å². The van der Waals surface area contributed by atoms with Gasteiger partial charge < -0.3 is 10.4 Å². The van der Waals surface area contributed by atoms with Crippen molar-refractivity contribution in [2.45, 2.75) is 32.1 Å². The van der Waals surface area contributed by atoms with Crippen molar-refractivity contribution in [1.82, 2.24) is 5.32 Å². The highest BCUT2D eigenvalue weighted by Crippen LogP contribution is 2.02. The molecule has 0 fully saturated rings. The third-order valence-electron chi connectivity index (χ3n) is 1.66. The molecule has 0 saturated carbocycles. The maximum atomic E-state index is 11.3. The summed E-state index contributed by atoms with van der Waals surface area (Å²) >= 11 is 0. The van der Waals surface area contributed by atoms with Crippen molar-refractivity contribution >= 4 is 21.7 Å². The topological polar surface area (TPSA) is 101 Å². The summed E-state index contributed by atoms with van der Waals surface area (Å²) in [6.45, 7) is 4.55. The lowest BCUT2D eigenvalue weighted by molar-refractivity contribution is -0.134. The monoisotopic (exact) mass is 237 g/mol. The van der Waals surface area contributed by atoms with Gasteiger partial charge >= 0.3 is 5.97 Å². The van der Waals surface area contributed by atoms with E-state index in [0.717, 1.165) is 0 Å². The second-order valence-corrected chi connectivity index (χ2v) is 5.83. The van der Waals surface area contributed by atoms with Gasteiger partial charge in [-0.1, -0.05) is 0 Å². The molecular weight excluding hydrogens is 222 g/mol. The predicted molar refractivity (Wildman–Crippen MR) is 54.2 cm³/mol. The van der Waals surface area contributed by atoms with Crippen molar-refractivity contribution < 1.29 is 23.1 Å². The minimum Gasteiger partial charge on any atom is -0.480 e. The smallest absolute Gasteiger partial charge is 0.318 e. The molecule has 1 unspecified atom stereocenters. The molecule has 0 aromatic rings. The summed E-state index contributed by atoms with van der Waals surface area (Å²) in [4.78, 5) is 21.6. The zero-order valence-corrected chi connectivity index (χ0v) is 9.67. The SMILES string of the molecule is CC(C)NC(=O)C(C)S(=O)(=O)CC(=O)O. The number of carboxylic acid groups (broad SMARTS) is 1. The second-order valence-electron chi connectivity index (χ2n) is 3.51. The number of amides is 1. The molecular formula is C8H15NO5S. The first-order valence-electron chi connectivity index (χ1n) is 4.40. The molecule has 6 nitrogen and oxygen atoms in total. The van der Waals surface area contributed by atoms with Gasteiger partial charge in [0.1, 0.15) is 11.0 Å². The molecule has 88 valence electrons. The van der Waals surface area contributed by atoms with Crippen molar-refractivity contribution in [2.24, 2.45) is 0 Å². The molecule has 0 heterocycles. The van der Waals surface area contributed by atoms with Gasteiger partial charge in [-0.3, -0.25) is 9.59 Å². The Bertz CT molecular complexity index is 346. The van der Waals surface area contributed by atoms with Gasteiger partial charge in [0.15, 0.2) is 9.84 Å². The first-order valence-corrected chi connectivity index (χ1v) is 6.12. The molecule has 0 rings (SSSR count). The highest BCUT2D eigenvalue weighted by Gasteiger charge is 2.30. The Labute approximate surface area is 88.6 Å². The van der Waals surface area contributed by atoms with Crippen LogP contribution in [0.3, 0.4) is 0 Å². The van der Waals surface area contributed by atoms with Gasteiger partial charge in [-0.25, -0.2) is 8.42 Å². The molecule has 1 atom stereocenters. The van der Waals surface area contributed by atoms with E-state index in [4.69, 9.17) is 5.11 Å². The number of rotatable bonds is 5. The minimum absolute atomic E-state index is 0.181. The second kappa shape index (κ2) is 5.11. The third-order valence-corrected chi connectivity index (χ3v) is 3.60. The summed E-state index contributed by atoms with van der Waals surface area (Å²) in [6.07, 6.45) is 0. The summed E-state index contributed by atoms with van der Waals surface area (Å²) in [6, 6.07) is -0.181. The van der Waals surface area contributed by atoms with Crippen molar-refractivity contribution in [1.29, 1.82) is 0 Å². The van der Waals surface area contributed by atoms with E-state index in [1.54, 1.807) is 13.8 Å². The molecule has 0 bridgehead atoms. The van der Waals surface area contributed by atoms with E-state index < -0.39 is 32.7 Å². The van der Waals surface area contributed by atoms with Gasteiger partial charge in [0.2, 0.25) is 5.91 Å². The normalized spacial score (nSPS) is 13.6. The number of hydrogen-bond acceptors (Lipinski definition) is 4. The van der Waals surface area contributed by atoms with Crippen LogP contribution < -0.4 is 5.32 Å². The summed E-state index contributed by atoms with van der Waals surface area (Å²) < 4.78 is 22.6. The Hall–Kier alpha value is -1.11. The third kappa shape index (κ3) is 4.78. The van der Waals surface area contributed by atoms with E-state index >= 15 is 0 Å². The first-order chi connectivity index (χ1) is 6.66. The summed E-state index contributed by atoms with van der Waals surface area (Å²) in [7, 11) is -3.92. The number of aliphatic carboxylic acids is 1. The summed E-state index contributed by atoms with van der Waals surface area (Å²) in [5.74, 6) is -3.16. The molecule has 0 spiro atoms. The van der Waals surface area contributed by atoms with Gasteiger partial charge in [-0.05, 0) is 20.8 Å². The van der Waals surface area contributed by atoms with Gasteiger partial charge in [0, 0.05) is 6.04 Å². The van der Waals surface area contributed by atoms with Crippen LogP contribution in [0.4, 0.5) is 0 Å². The van der Waals surface area contributed by atoms with E-state index in [1.165, 1.54) is 6.92 Å². The maximum Gasteiger partial charge on any atom is 0.318 e. The highest BCUT2D eigenvalue weighted by molar-refractivity contribution is 7.93. The van der Waals surface area contributed by atoms with Crippen molar-refractivity contribution in [3.8, 4) is 0 Å². The number of carbonyl (C=O) groups excluding carboxylic acids is 1. The number of carbonyl (C=O) groups is 2. The van der Waals surface area contributed by atoms with Crippen LogP contribution in [0.15, 0.2) is 0 Å². The lowest BCUT2D eigenvalue weighted by Crippen LogP contribution is -2.42. The Balaban J connectivity index is 4.63. The predicted octanol–water partition coefficient (Wildman–Crippen LogP) is -0.601. The number of hydrogen-bond donors (Lipinski definition) is 2. The average Bonchev–Trinajstić information content (AvgIpc) is 1.98. The molecule has 2 N–H and O–H groups in total. The van der Waals surface area contributed by atoms with E-state index in [9.17, 15) is 18.0 Å². The van der Waals surface area contributed by atoms with E-state index in [1.807, 2.05) is 0 Å². The van der Waals surface area contributed by atoms with Gasteiger partial charge in [-0.15, -0.1) is 0 Å². The molecule has 0 radical (unpaired) electrons. The maximum absolute atomic E-state index is 11.3. The van der Waals surface area contributed by atoms with Crippen LogP contribution in [-0.4, -0.2) is 42.4 Å². The van der Waals surface area contributed by atoms with E-state index in [0.29, 0.717) is 0 Å². The van der Waals surface area contributed by atoms with E-state index in [2.05, 4.69) is 5.32 Å². The number of sulfone groups is 1. The fourth-order valence-electron chi connectivity index (χ4n) is 0.862. The molecule has 7 heteroatoms. The zero-order chi connectivity index (χ0) is 12.2. The average molecular weight is 237 g/mol. The fourth-order valence-corrected chi connectivity index (χ4v) is 1.85. The molecule has 0 aliphatic rings. The molecule has 0 aliphatic carbocycles. The van der Waals surface area contributed by atoms with Gasteiger partial charge in [0.05, 0.1) is 0 Å². The van der Waals surface area contributed by atoms with Crippen molar-refractivity contribution in [2.75, 3.05) is 5.75 Å². The molecule has 0 aliphatic heterocycles.